The normalized spacial score (nSPS) is 18.5. The summed E-state index contributed by atoms with van der Waals surface area (Å²) in [6.45, 7) is 7.58. The first-order chi connectivity index (χ1) is 11.2. The van der Waals surface area contributed by atoms with Crippen LogP contribution in [0.2, 0.25) is 0 Å². The van der Waals surface area contributed by atoms with E-state index in [-0.39, 0.29) is 12.6 Å². The molecule has 1 unspecified atom stereocenters. The van der Waals surface area contributed by atoms with Crippen LogP contribution in [0.1, 0.15) is 19.8 Å². The molecule has 1 atom stereocenters. The Balaban J connectivity index is 2.35. The second kappa shape index (κ2) is 12.1. The lowest BCUT2D eigenvalue weighted by atomic mass is 10.2. The van der Waals surface area contributed by atoms with Gasteiger partial charge in [0.1, 0.15) is 11.9 Å². The van der Waals surface area contributed by atoms with Crippen molar-refractivity contribution in [3.63, 3.8) is 0 Å². The minimum atomic E-state index is -0.150. The van der Waals surface area contributed by atoms with Gasteiger partial charge in [-0.2, -0.15) is 5.26 Å². The molecule has 1 heterocycles. The summed E-state index contributed by atoms with van der Waals surface area (Å²) in [6.07, 6.45) is 5.40. The molecule has 0 aliphatic carbocycles. The summed E-state index contributed by atoms with van der Waals surface area (Å²) in [7, 11) is 1.64. The largest absolute Gasteiger partial charge is 0.495 e. The number of nitrogens with two attached hydrogens (primary N) is 1. The van der Waals surface area contributed by atoms with Crippen molar-refractivity contribution in [1.29, 1.82) is 5.26 Å². The molecule has 23 heavy (non-hydrogen) atoms. The van der Waals surface area contributed by atoms with Crippen molar-refractivity contribution in [2.24, 2.45) is 5.73 Å². The number of hydrogen-bond acceptors (Lipinski definition) is 6. The van der Waals surface area contributed by atoms with Gasteiger partial charge in [-0.1, -0.05) is 0 Å². The SMILES string of the molecule is COC(C)/C(=C\C=C(\C#N)CN)OCCCCN1CCOCC1. The molecular weight excluding hydrogens is 294 g/mol. The number of allylic oxidation sites excluding steroid dienone is 2. The lowest BCUT2D eigenvalue weighted by molar-refractivity contribution is 0.0353. The molecule has 0 saturated carbocycles. The van der Waals surface area contributed by atoms with E-state index in [2.05, 4.69) is 11.0 Å². The average molecular weight is 323 g/mol. The van der Waals surface area contributed by atoms with Crippen LogP contribution in [0.3, 0.4) is 0 Å². The summed E-state index contributed by atoms with van der Waals surface area (Å²) < 4.78 is 16.5. The zero-order valence-electron chi connectivity index (χ0n) is 14.3. The molecule has 6 nitrogen and oxygen atoms in total. The topological polar surface area (TPSA) is 80.7 Å². The quantitative estimate of drug-likeness (QED) is 0.284. The van der Waals surface area contributed by atoms with E-state index in [1.807, 2.05) is 6.92 Å². The molecule has 1 aliphatic heterocycles. The van der Waals surface area contributed by atoms with Crippen LogP contribution in [0.4, 0.5) is 0 Å². The number of nitriles is 1. The number of methoxy groups -OCH3 is 1. The van der Waals surface area contributed by atoms with Crippen LogP contribution in [-0.4, -0.2) is 64.1 Å². The highest BCUT2D eigenvalue weighted by Gasteiger charge is 2.10. The summed E-state index contributed by atoms with van der Waals surface area (Å²) >= 11 is 0. The highest BCUT2D eigenvalue weighted by Crippen LogP contribution is 2.10. The Morgan fingerprint density at radius 1 is 1.35 bits per heavy atom. The molecule has 2 N–H and O–H groups in total. The molecule has 1 rings (SSSR count). The monoisotopic (exact) mass is 323 g/mol. The zero-order chi connectivity index (χ0) is 16.9. The molecule has 1 saturated heterocycles. The number of hydrogen-bond donors (Lipinski definition) is 1. The number of morpholine rings is 1. The molecule has 1 aliphatic rings. The van der Waals surface area contributed by atoms with Crippen LogP contribution < -0.4 is 5.73 Å². The maximum absolute atomic E-state index is 8.89. The maximum atomic E-state index is 8.89. The number of unbranched alkanes of at least 4 members (excludes halogenated alkanes) is 1. The minimum absolute atomic E-state index is 0.150. The summed E-state index contributed by atoms with van der Waals surface area (Å²) in [4.78, 5) is 2.42. The van der Waals surface area contributed by atoms with E-state index >= 15 is 0 Å². The van der Waals surface area contributed by atoms with Crippen LogP contribution in [0.5, 0.6) is 0 Å². The Morgan fingerprint density at radius 3 is 2.70 bits per heavy atom. The highest BCUT2D eigenvalue weighted by molar-refractivity contribution is 5.28. The van der Waals surface area contributed by atoms with Gasteiger partial charge in [-0.15, -0.1) is 0 Å². The molecule has 0 bridgehead atoms. The third-order valence-electron chi connectivity index (χ3n) is 3.81. The van der Waals surface area contributed by atoms with Gasteiger partial charge in [-0.05, 0) is 38.5 Å². The van der Waals surface area contributed by atoms with Gasteiger partial charge in [0, 0.05) is 32.3 Å². The van der Waals surface area contributed by atoms with E-state index in [4.69, 9.17) is 25.2 Å². The molecule has 130 valence electrons. The van der Waals surface area contributed by atoms with Gasteiger partial charge in [-0.25, -0.2) is 0 Å². The van der Waals surface area contributed by atoms with Gasteiger partial charge in [0.25, 0.3) is 0 Å². The third-order valence-corrected chi connectivity index (χ3v) is 3.81. The number of nitrogens with zero attached hydrogens (tertiary/aromatic N) is 2. The van der Waals surface area contributed by atoms with Crippen molar-refractivity contribution in [2.45, 2.75) is 25.9 Å². The molecule has 0 radical (unpaired) electrons. The number of ether oxygens (including phenoxy) is 3. The van der Waals surface area contributed by atoms with E-state index in [9.17, 15) is 0 Å². The summed E-state index contributed by atoms with van der Waals surface area (Å²) in [5.74, 6) is 0.722. The van der Waals surface area contributed by atoms with Crippen molar-refractivity contribution in [3.05, 3.63) is 23.5 Å². The molecule has 0 spiro atoms. The first-order valence-corrected chi connectivity index (χ1v) is 8.17. The Labute approximate surface area is 139 Å². The van der Waals surface area contributed by atoms with Gasteiger partial charge in [0.05, 0.1) is 25.9 Å². The molecule has 0 aromatic carbocycles. The Morgan fingerprint density at radius 2 is 2.09 bits per heavy atom. The maximum Gasteiger partial charge on any atom is 0.124 e. The molecule has 6 heteroatoms. The standard InChI is InChI=1S/C17H29N3O3/c1-15(21-2)17(6-5-16(13-18)14-19)23-10-4-3-7-20-8-11-22-12-9-20/h5-6,15H,3-4,7-13,18H2,1-2H3/b16-5+,17-6+. The summed E-state index contributed by atoms with van der Waals surface area (Å²) in [5.41, 5.74) is 6.00. The smallest absolute Gasteiger partial charge is 0.124 e. The van der Waals surface area contributed by atoms with Gasteiger partial charge < -0.3 is 19.9 Å². The van der Waals surface area contributed by atoms with Crippen LogP contribution in [0.15, 0.2) is 23.5 Å². The highest BCUT2D eigenvalue weighted by atomic mass is 16.5. The molecule has 1 fully saturated rings. The lowest BCUT2D eigenvalue weighted by Gasteiger charge is -2.26. The van der Waals surface area contributed by atoms with Crippen LogP contribution in [-0.2, 0) is 14.2 Å². The Kier molecular flexibility index (Phi) is 10.3. The molecule has 0 aromatic heterocycles. The average Bonchev–Trinajstić information content (AvgIpc) is 2.60. The Bertz CT molecular complexity index is 423. The van der Waals surface area contributed by atoms with Crippen molar-refractivity contribution in [1.82, 2.24) is 4.90 Å². The lowest BCUT2D eigenvalue weighted by Crippen LogP contribution is -2.36. The zero-order valence-corrected chi connectivity index (χ0v) is 14.3. The van der Waals surface area contributed by atoms with Gasteiger partial charge in [0.2, 0.25) is 0 Å². The van der Waals surface area contributed by atoms with Gasteiger partial charge in [0.15, 0.2) is 0 Å². The first-order valence-electron chi connectivity index (χ1n) is 8.17. The minimum Gasteiger partial charge on any atom is -0.495 e. The fourth-order valence-corrected chi connectivity index (χ4v) is 2.20. The Hall–Kier alpha value is -1.39. The second-order valence-corrected chi connectivity index (χ2v) is 5.46. The number of rotatable bonds is 10. The van der Waals surface area contributed by atoms with Crippen molar-refractivity contribution in [3.8, 4) is 6.07 Å². The predicted octanol–water partition coefficient (Wildman–Crippen LogP) is 1.44. The predicted molar refractivity (Wildman–Crippen MR) is 89.7 cm³/mol. The van der Waals surface area contributed by atoms with E-state index in [1.54, 1.807) is 19.3 Å². The third kappa shape index (κ3) is 8.14. The second-order valence-electron chi connectivity index (χ2n) is 5.46. The fourth-order valence-electron chi connectivity index (χ4n) is 2.20. The van der Waals surface area contributed by atoms with Crippen molar-refractivity contribution in [2.75, 3.05) is 53.1 Å². The van der Waals surface area contributed by atoms with Crippen molar-refractivity contribution < 1.29 is 14.2 Å². The van der Waals surface area contributed by atoms with Crippen LogP contribution in [0, 0.1) is 11.3 Å². The fraction of sp³-hybridized carbons (Fsp3) is 0.706. The van der Waals surface area contributed by atoms with Gasteiger partial charge in [-0.3, -0.25) is 4.90 Å². The molecule has 0 aromatic rings. The molecule has 0 amide bonds. The van der Waals surface area contributed by atoms with E-state index in [1.165, 1.54) is 0 Å². The first kappa shape index (κ1) is 19.7. The van der Waals surface area contributed by atoms with Crippen molar-refractivity contribution >= 4 is 0 Å². The van der Waals surface area contributed by atoms with E-state index in [0.29, 0.717) is 12.2 Å². The van der Waals surface area contributed by atoms with E-state index in [0.717, 1.165) is 51.4 Å². The van der Waals surface area contributed by atoms with Gasteiger partial charge >= 0.3 is 0 Å². The van der Waals surface area contributed by atoms with E-state index < -0.39 is 0 Å². The summed E-state index contributed by atoms with van der Waals surface area (Å²) in [6, 6.07) is 2.06. The van der Waals surface area contributed by atoms with Crippen LogP contribution >= 0.6 is 0 Å². The van der Waals surface area contributed by atoms with Crippen LogP contribution in [0.25, 0.3) is 0 Å². The summed E-state index contributed by atoms with van der Waals surface area (Å²) in [5, 5.41) is 8.89. The molecular formula is C17H29N3O3.